The molecule has 142 valence electrons. The van der Waals surface area contributed by atoms with Gasteiger partial charge in [0.25, 0.3) is 0 Å². The van der Waals surface area contributed by atoms with Gasteiger partial charge in [-0.15, -0.1) is 0 Å². The van der Waals surface area contributed by atoms with Gasteiger partial charge in [-0.1, -0.05) is 5.16 Å². The molecule has 0 aliphatic heterocycles. The molecule has 0 aromatic carbocycles. The third-order valence-electron chi connectivity index (χ3n) is 4.33. The van der Waals surface area contributed by atoms with Crippen molar-refractivity contribution in [1.82, 2.24) is 34.6 Å². The Morgan fingerprint density at radius 3 is 2.71 bits per heavy atom. The van der Waals surface area contributed by atoms with Gasteiger partial charge in [0.15, 0.2) is 0 Å². The van der Waals surface area contributed by atoms with Crippen molar-refractivity contribution in [2.75, 3.05) is 11.9 Å². The number of nitrogens with zero attached hydrogens (tertiary/aromatic N) is 7. The summed E-state index contributed by atoms with van der Waals surface area (Å²) in [5.41, 5.74) is 3.83. The fourth-order valence-electron chi connectivity index (χ4n) is 2.99. The Kier molecular flexibility index (Phi) is 5.05. The maximum atomic E-state index is 5.34. The summed E-state index contributed by atoms with van der Waals surface area (Å²) in [6.07, 6.45) is 13.2. The van der Waals surface area contributed by atoms with Crippen LogP contribution in [0.15, 0.2) is 48.0 Å². The Morgan fingerprint density at radius 1 is 1.07 bits per heavy atom. The summed E-state index contributed by atoms with van der Waals surface area (Å²) in [5, 5.41) is 7.34. The van der Waals surface area contributed by atoms with Crippen molar-refractivity contribution in [2.24, 2.45) is 0 Å². The Bertz CT molecular complexity index is 1020. The molecule has 0 aliphatic rings. The van der Waals surface area contributed by atoms with E-state index in [0.29, 0.717) is 17.4 Å². The normalized spacial score (nSPS) is 10.9. The van der Waals surface area contributed by atoms with Gasteiger partial charge in [0.2, 0.25) is 5.95 Å². The van der Waals surface area contributed by atoms with Gasteiger partial charge >= 0.3 is 0 Å². The van der Waals surface area contributed by atoms with Crippen LogP contribution in [-0.2, 0) is 6.54 Å². The molecule has 0 aliphatic carbocycles. The lowest BCUT2D eigenvalue weighted by atomic mass is 10.0. The molecule has 9 nitrogen and oxygen atoms in total. The lowest BCUT2D eigenvalue weighted by Crippen LogP contribution is -2.09. The molecule has 0 radical (unpaired) electrons. The molecule has 0 amide bonds. The highest BCUT2D eigenvalue weighted by Crippen LogP contribution is 2.33. The van der Waals surface area contributed by atoms with Crippen LogP contribution in [0.5, 0.6) is 0 Å². The van der Waals surface area contributed by atoms with Gasteiger partial charge < -0.3 is 14.4 Å². The fraction of sp³-hybridized carbons (Fsp3) is 0.263. The lowest BCUT2D eigenvalue weighted by Gasteiger charge is -2.11. The lowest BCUT2D eigenvalue weighted by molar-refractivity contribution is 0.393. The van der Waals surface area contributed by atoms with Crippen LogP contribution in [0.3, 0.4) is 0 Å². The van der Waals surface area contributed by atoms with Crippen molar-refractivity contribution in [3.63, 3.8) is 0 Å². The number of hydrogen-bond donors (Lipinski definition) is 1. The Morgan fingerprint density at radius 2 is 2.00 bits per heavy atom. The number of hydrogen-bond acceptors (Lipinski definition) is 8. The highest BCUT2D eigenvalue weighted by Gasteiger charge is 2.19. The second kappa shape index (κ2) is 7.95. The molecule has 9 heteroatoms. The molecule has 0 spiro atoms. The smallest absolute Gasteiger partial charge is 0.223 e. The van der Waals surface area contributed by atoms with Gasteiger partial charge in [-0.2, -0.15) is 0 Å². The highest BCUT2D eigenvalue weighted by atomic mass is 16.5. The number of anilines is 1. The number of imidazole rings is 1. The van der Waals surface area contributed by atoms with Crippen LogP contribution in [0.25, 0.3) is 22.5 Å². The second-order valence-electron chi connectivity index (χ2n) is 6.33. The molecule has 0 atom stereocenters. The van der Waals surface area contributed by atoms with E-state index >= 15 is 0 Å². The van der Waals surface area contributed by atoms with Gasteiger partial charge in [-0.3, -0.25) is 9.97 Å². The van der Waals surface area contributed by atoms with Crippen molar-refractivity contribution in [1.29, 1.82) is 0 Å². The van der Waals surface area contributed by atoms with Crippen LogP contribution in [0.4, 0.5) is 5.95 Å². The van der Waals surface area contributed by atoms with Crippen molar-refractivity contribution < 1.29 is 4.52 Å². The average Bonchev–Trinajstić information content (AvgIpc) is 3.35. The quantitative estimate of drug-likeness (QED) is 0.491. The van der Waals surface area contributed by atoms with Crippen LogP contribution < -0.4 is 5.32 Å². The van der Waals surface area contributed by atoms with E-state index in [-0.39, 0.29) is 0 Å². The van der Waals surface area contributed by atoms with Crippen molar-refractivity contribution in [3.05, 3.63) is 55.0 Å². The van der Waals surface area contributed by atoms with Gasteiger partial charge in [-0.05, 0) is 20.3 Å². The topological polar surface area (TPSA) is 107 Å². The highest BCUT2D eigenvalue weighted by molar-refractivity contribution is 5.80. The first kappa shape index (κ1) is 17.8. The number of aryl methyl sites for hydroxylation is 3. The van der Waals surface area contributed by atoms with E-state index in [1.54, 1.807) is 31.0 Å². The molecule has 0 bridgehead atoms. The number of rotatable bonds is 7. The standard InChI is InChI=1S/C19H20N8O/c1-13-17(14(2)28-26-13)18-15(16-11-20-5-6-22-16)10-24-19(25-18)23-4-3-8-27-9-7-21-12-27/h5-7,9-12H,3-4,8H2,1-2H3,(H,23,24,25). The molecule has 0 saturated heterocycles. The van der Waals surface area contributed by atoms with Gasteiger partial charge in [0.05, 0.1) is 35.2 Å². The minimum Gasteiger partial charge on any atom is -0.361 e. The minimum atomic E-state index is 0.549. The molecule has 0 unspecified atom stereocenters. The molecular weight excluding hydrogens is 356 g/mol. The van der Waals surface area contributed by atoms with Crippen molar-refractivity contribution in [3.8, 4) is 22.5 Å². The van der Waals surface area contributed by atoms with Crippen LogP contribution in [0.1, 0.15) is 17.9 Å². The number of aromatic nitrogens is 7. The van der Waals surface area contributed by atoms with Crippen LogP contribution in [0.2, 0.25) is 0 Å². The van der Waals surface area contributed by atoms with E-state index in [1.807, 2.05) is 30.9 Å². The summed E-state index contributed by atoms with van der Waals surface area (Å²) < 4.78 is 7.38. The fourth-order valence-corrected chi connectivity index (χ4v) is 2.99. The molecule has 4 heterocycles. The molecule has 0 saturated carbocycles. The van der Waals surface area contributed by atoms with Crippen molar-refractivity contribution in [2.45, 2.75) is 26.8 Å². The molecule has 28 heavy (non-hydrogen) atoms. The summed E-state index contributed by atoms with van der Waals surface area (Å²) in [6, 6.07) is 0. The molecular formula is C19H20N8O. The zero-order valence-corrected chi connectivity index (χ0v) is 15.7. The summed E-state index contributed by atoms with van der Waals surface area (Å²) in [4.78, 5) is 21.8. The predicted molar refractivity (Wildman–Crippen MR) is 103 cm³/mol. The summed E-state index contributed by atoms with van der Waals surface area (Å²) in [7, 11) is 0. The second-order valence-corrected chi connectivity index (χ2v) is 6.33. The molecule has 0 fully saturated rings. The predicted octanol–water partition coefficient (Wildman–Crippen LogP) is 2.90. The Labute approximate surface area is 161 Å². The third-order valence-corrected chi connectivity index (χ3v) is 4.33. The number of nitrogens with one attached hydrogen (secondary N) is 1. The molecule has 4 rings (SSSR count). The van der Waals surface area contributed by atoms with Gasteiger partial charge in [-0.25, -0.2) is 15.0 Å². The van der Waals surface area contributed by atoms with E-state index < -0.39 is 0 Å². The van der Waals surface area contributed by atoms with Crippen LogP contribution >= 0.6 is 0 Å². The molecule has 4 aromatic rings. The van der Waals surface area contributed by atoms with Gasteiger partial charge in [0, 0.05) is 49.6 Å². The summed E-state index contributed by atoms with van der Waals surface area (Å²) in [6.45, 7) is 5.38. The first-order valence-corrected chi connectivity index (χ1v) is 8.98. The largest absolute Gasteiger partial charge is 0.361 e. The van der Waals surface area contributed by atoms with E-state index in [9.17, 15) is 0 Å². The summed E-state index contributed by atoms with van der Waals surface area (Å²) >= 11 is 0. The SMILES string of the molecule is Cc1noc(C)c1-c1nc(NCCCn2ccnc2)ncc1-c1cnccn1. The summed E-state index contributed by atoms with van der Waals surface area (Å²) in [5.74, 6) is 1.25. The minimum absolute atomic E-state index is 0.549. The van der Waals surface area contributed by atoms with Gasteiger partial charge in [0.1, 0.15) is 5.76 Å². The van der Waals surface area contributed by atoms with E-state index in [2.05, 4.69) is 30.4 Å². The van der Waals surface area contributed by atoms with E-state index in [0.717, 1.165) is 42.0 Å². The zero-order valence-electron chi connectivity index (χ0n) is 15.7. The Hall–Kier alpha value is -3.62. The first-order chi connectivity index (χ1) is 13.7. The Balaban J connectivity index is 1.60. The average molecular weight is 376 g/mol. The van der Waals surface area contributed by atoms with E-state index in [1.165, 1.54) is 0 Å². The van der Waals surface area contributed by atoms with E-state index in [4.69, 9.17) is 9.51 Å². The maximum absolute atomic E-state index is 5.34. The molecule has 4 aromatic heterocycles. The van der Waals surface area contributed by atoms with Crippen LogP contribution in [-0.4, -0.2) is 41.2 Å². The maximum Gasteiger partial charge on any atom is 0.223 e. The van der Waals surface area contributed by atoms with Crippen molar-refractivity contribution >= 4 is 5.95 Å². The molecule has 1 N–H and O–H groups in total. The van der Waals surface area contributed by atoms with Crippen LogP contribution in [0, 0.1) is 13.8 Å². The third kappa shape index (κ3) is 3.73. The zero-order chi connectivity index (χ0) is 19.3. The first-order valence-electron chi connectivity index (χ1n) is 8.98. The monoisotopic (exact) mass is 376 g/mol.